The van der Waals surface area contributed by atoms with Gasteiger partial charge in [-0.05, 0) is 25.8 Å². The molecule has 1 saturated heterocycles. The zero-order valence-corrected chi connectivity index (χ0v) is 12.2. The van der Waals surface area contributed by atoms with Crippen molar-refractivity contribution in [1.29, 1.82) is 0 Å². The van der Waals surface area contributed by atoms with E-state index >= 15 is 0 Å². The molecule has 7 nitrogen and oxygen atoms in total. The Bertz CT molecular complexity index is 411. The van der Waals surface area contributed by atoms with Gasteiger partial charge in [0.2, 0.25) is 0 Å². The molecule has 0 spiro atoms. The molecule has 0 aromatic heterocycles. The molecular weight excluding hydrogens is 300 g/mol. The second kappa shape index (κ2) is 4.57. The number of fused-ring (bicyclic) bond motifs is 1. The van der Waals surface area contributed by atoms with Crippen molar-refractivity contribution in [3.63, 3.8) is 0 Å². The fourth-order valence-corrected chi connectivity index (χ4v) is 7.81. The van der Waals surface area contributed by atoms with E-state index in [1.54, 1.807) is 0 Å². The van der Waals surface area contributed by atoms with Crippen LogP contribution in [0.4, 0.5) is 0 Å². The summed E-state index contributed by atoms with van der Waals surface area (Å²) in [6.07, 6.45) is 0.699. The van der Waals surface area contributed by atoms with Crippen molar-refractivity contribution < 1.29 is 28.7 Å². The molecule has 0 radical (unpaired) electrons. The van der Waals surface area contributed by atoms with E-state index in [0.717, 1.165) is 0 Å². The maximum atomic E-state index is 11.7. The minimum atomic E-state index is -4.94. The molecule has 0 aromatic rings. The predicted molar refractivity (Wildman–Crippen MR) is 68.7 cm³/mol. The lowest BCUT2D eigenvalue weighted by Gasteiger charge is -2.42. The molecule has 5 N–H and O–H groups in total. The van der Waals surface area contributed by atoms with Crippen LogP contribution in [0.15, 0.2) is 0 Å². The Morgan fingerprint density at radius 3 is 2.17 bits per heavy atom. The van der Waals surface area contributed by atoms with Crippen molar-refractivity contribution in [3.05, 3.63) is 0 Å². The lowest BCUT2D eigenvalue weighted by molar-refractivity contribution is 0.249. The van der Waals surface area contributed by atoms with Crippen LogP contribution in [-0.2, 0) is 9.13 Å². The Labute approximate surface area is 110 Å². The van der Waals surface area contributed by atoms with Gasteiger partial charge in [-0.3, -0.25) is 9.13 Å². The van der Waals surface area contributed by atoms with Crippen molar-refractivity contribution in [2.45, 2.75) is 35.5 Å². The Kier molecular flexibility index (Phi) is 3.81. The lowest BCUT2D eigenvalue weighted by atomic mass is 9.92. The second-order valence-corrected chi connectivity index (χ2v) is 9.74. The number of thiol groups is 1. The first-order valence-electron chi connectivity index (χ1n) is 5.64. The quantitative estimate of drug-likeness (QED) is 0.315. The summed E-state index contributed by atoms with van der Waals surface area (Å²) in [5.41, 5.74) is 0. The molecule has 1 heterocycles. The fourth-order valence-electron chi connectivity index (χ4n) is 3.29. The molecule has 18 heavy (non-hydrogen) atoms. The van der Waals surface area contributed by atoms with Gasteiger partial charge < -0.3 is 24.9 Å². The molecule has 2 rings (SSSR count). The van der Waals surface area contributed by atoms with Crippen molar-refractivity contribution in [2.75, 3.05) is 6.54 Å². The van der Waals surface area contributed by atoms with E-state index in [0.29, 0.717) is 19.4 Å². The lowest BCUT2D eigenvalue weighted by Crippen LogP contribution is -2.51. The van der Waals surface area contributed by atoms with Crippen LogP contribution in [0.3, 0.4) is 0 Å². The second-order valence-electron chi connectivity index (χ2n) is 4.95. The summed E-state index contributed by atoms with van der Waals surface area (Å²) < 4.78 is 23.5. The van der Waals surface area contributed by atoms with Crippen molar-refractivity contribution in [1.82, 2.24) is 5.32 Å². The third-order valence-corrected chi connectivity index (χ3v) is 9.26. The van der Waals surface area contributed by atoms with Gasteiger partial charge in [0.15, 0.2) is 4.90 Å². The Morgan fingerprint density at radius 1 is 1.11 bits per heavy atom. The fraction of sp³-hybridized carbons (Fsp3) is 1.00. The number of hydrogen-bond donors (Lipinski definition) is 6. The molecule has 0 bridgehead atoms. The summed E-state index contributed by atoms with van der Waals surface area (Å²) in [6, 6.07) is -0.290. The zero-order chi connectivity index (χ0) is 13.8. The van der Waals surface area contributed by atoms with Crippen LogP contribution in [-0.4, -0.2) is 42.3 Å². The Morgan fingerprint density at radius 2 is 1.67 bits per heavy atom. The molecule has 2 aliphatic rings. The number of rotatable bonds is 2. The van der Waals surface area contributed by atoms with Crippen LogP contribution >= 0.6 is 27.8 Å². The normalized spacial score (nSPS) is 36.4. The average Bonchev–Trinajstić information content (AvgIpc) is 2.57. The summed E-state index contributed by atoms with van der Waals surface area (Å²) in [4.78, 5) is 35.8. The first kappa shape index (κ1) is 15.0. The molecule has 1 aliphatic carbocycles. The smallest absolute Gasteiger partial charge is 0.324 e. The van der Waals surface area contributed by atoms with Gasteiger partial charge >= 0.3 is 15.2 Å². The van der Waals surface area contributed by atoms with Crippen LogP contribution in [0.25, 0.3) is 0 Å². The Hall–Kier alpha value is 0.610. The Balaban J connectivity index is 2.55. The van der Waals surface area contributed by atoms with E-state index < -0.39 is 31.3 Å². The van der Waals surface area contributed by atoms with Crippen LogP contribution in [0.2, 0.25) is 0 Å². The highest BCUT2D eigenvalue weighted by molar-refractivity contribution is 7.81. The van der Waals surface area contributed by atoms with E-state index in [1.165, 1.54) is 0 Å². The molecule has 0 aromatic carbocycles. The first-order chi connectivity index (χ1) is 8.11. The largest absolute Gasteiger partial charge is 0.344 e. The van der Waals surface area contributed by atoms with Gasteiger partial charge in [-0.15, -0.1) is 0 Å². The summed E-state index contributed by atoms with van der Waals surface area (Å²) in [7, 11) is -9.89. The van der Waals surface area contributed by atoms with Crippen LogP contribution in [0.5, 0.6) is 0 Å². The number of piperidine rings is 1. The van der Waals surface area contributed by atoms with Gasteiger partial charge in [0.25, 0.3) is 0 Å². The topological polar surface area (TPSA) is 127 Å². The number of hydrogen-bond acceptors (Lipinski definition) is 4. The molecule has 2 fully saturated rings. The van der Waals surface area contributed by atoms with Crippen LogP contribution < -0.4 is 5.32 Å². The number of nitrogens with one attached hydrogen (secondary N) is 1. The highest BCUT2D eigenvalue weighted by atomic mass is 32.1. The molecular formula is C8H17NO6P2S. The molecule has 1 aliphatic heterocycles. The monoisotopic (exact) mass is 317 g/mol. The van der Waals surface area contributed by atoms with Crippen molar-refractivity contribution in [3.8, 4) is 0 Å². The third-order valence-electron chi connectivity index (χ3n) is 4.06. The van der Waals surface area contributed by atoms with Gasteiger partial charge in [0.1, 0.15) is 0 Å². The van der Waals surface area contributed by atoms with E-state index in [-0.39, 0.29) is 12.5 Å². The minimum Gasteiger partial charge on any atom is -0.324 e. The maximum Gasteiger partial charge on any atom is 0.344 e. The van der Waals surface area contributed by atoms with Gasteiger partial charge in [0, 0.05) is 17.2 Å². The minimum absolute atomic E-state index is 0.180. The van der Waals surface area contributed by atoms with Crippen molar-refractivity contribution >= 4 is 27.8 Å². The molecule has 1 saturated carbocycles. The maximum absolute atomic E-state index is 11.7. The molecule has 3 unspecified atom stereocenters. The van der Waals surface area contributed by atoms with E-state index in [1.807, 2.05) is 0 Å². The SMILES string of the molecule is O=P(O)(O)C1(P(=O)(O)O)CCC2NCCC(S)C21. The summed E-state index contributed by atoms with van der Waals surface area (Å²) >= 11 is 4.29. The first-order valence-corrected chi connectivity index (χ1v) is 9.38. The molecule has 10 heteroatoms. The van der Waals surface area contributed by atoms with Gasteiger partial charge in [0.05, 0.1) is 0 Å². The highest BCUT2D eigenvalue weighted by Gasteiger charge is 2.70. The third kappa shape index (κ3) is 2.03. The predicted octanol–water partition coefficient (Wildman–Crippen LogP) is 0.108. The van der Waals surface area contributed by atoms with Crippen LogP contribution in [0.1, 0.15) is 19.3 Å². The molecule has 3 atom stereocenters. The zero-order valence-electron chi connectivity index (χ0n) is 9.51. The van der Waals surface area contributed by atoms with Gasteiger partial charge in [-0.1, -0.05) is 0 Å². The summed E-state index contributed by atoms with van der Waals surface area (Å²) in [5.74, 6) is -0.809. The van der Waals surface area contributed by atoms with E-state index in [2.05, 4.69) is 17.9 Å². The van der Waals surface area contributed by atoms with E-state index in [9.17, 15) is 28.7 Å². The summed E-state index contributed by atoms with van der Waals surface area (Å²) in [5, 5.41) is 2.66. The van der Waals surface area contributed by atoms with Crippen molar-refractivity contribution in [2.24, 2.45) is 5.92 Å². The summed E-state index contributed by atoms with van der Waals surface area (Å²) in [6.45, 7) is 0.647. The van der Waals surface area contributed by atoms with Crippen LogP contribution in [0, 0.1) is 5.92 Å². The molecule has 106 valence electrons. The standard InChI is InChI=1S/C8H17NO6P2S/c10-16(11,12)8(17(13,14)15)3-1-5-7(8)6(18)2-4-9-5/h5-7,9,18H,1-4H2,(H2,10,11,12)(H2,13,14,15). The van der Waals surface area contributed by atoms with E-state index in [4.69, 9.17) is 0 Å². The van der Waals surface area contributed by atoms with Gasteiger partial charge in [-0.2, -0.15) is 12.6 Å². The van der Waals surface area contributed by atoms with Gasteiger partial charge in [-0.25, -0.2) is 0 Å². The molecule has 0 amide bonds. The average molecular weight is 317 g/mol. The highest BCUT2D eigenvalue weighted by Crippen LogP contribution is 2.77.